The molecule has 4 rings (SSSR count). The van der Waals surface area contributed by atoms with Gasteiger partial charge < -0.3 is 9.88 Å². The largest absolute Gasteiger partial charge is 0.324 e. The van der Waals surface area contributed by atoms with Gasteiger partial charge in [-0.1, -0.05) is 6.07 Å². The van der Waals surface area contributed by atoms with Crippen molar-refractivity contribution in [2.75, 3.05) is 5.32 Å². The number of carbonyl (C=O) groups excluding carboxylic acids is 1. The fraction of sp³-hybridized carbons (Fsp3) is 0.105. The van der Waals surface area contributed by atoms with Crippen LogP contribution in [0.4, 0.5) is 5.69 Å². The Hall–Kier alpha value is -3.41. The van der Waals surface area contributed by atoms with Gasteiger partial charge in [0.25, 0.3) is 5.91 Å². The van der Waals surface area contributed by atoms with Crippen LogP contribution in [-0.2, 0) is 7.05 Å². The minimum atomic E-state index is -0.170. The van der Waals surface area contributed by atoms with Crippen LogP contribution in [0.25, 0.3) is 16.7 Å². The summed E-state index contributed by atoms with van der Waals surface area (Å²) in [6.07, 6.45) is 5.54. The van der Waals surface area contributed by atoms with Crippen molar-refractivity contribution in [1.29, 1.82) is 0 Å². The zero-order valence-corrected chi connectivity index (χ0v) is 14.0. The predicted molar refractivity (Wildman–Crippen MR) is 97.0 cm³/mol. The second kappa shape index (κ2) is 5.90. The molecule has 25 heavy (non-hydrogen) atoms. The van der Waals surface area contributed by atoms with Gasteiger partial charge in [0.2, 0.25) is 0 Å². The molecule has 0 aliphatic heterocycles. The van der Waals surface area contributed by atoms with Gasteiger partial charge in [0.1, 0.15) is 0 Å². The molecular weight excluding hydrogens is 314 g/mol. The first-order valence-corrected chi connectivity index (χ1v) is 7.96. The topological polar surface area (TPSA) is 64.7 Å². The number of anilines is 1. The van der Waals surface area contributed by atoms with Gasteiger partial charge in [0.15, 0.2) is 5.65 Å². The van der Waals surface area contributed by atoms with E-state index in [0.717, 1.165) is 22.4 Å². The van der Waals surface area contributed by atoms with Crippen LogP contribution in [0.1, 0.15) is 16.1 Å². The average Bonchev–Trinajstić information content (AvgIpc) is 3.24. The highest BCUT2D eigenvalue weighted by Crippen LogP contribution is 2.20. The lowest BCUT2D eigenvalue weighted by Crippen LogP contribution is -2.12. The average molecular weight is 331 g/mol. The van der Waals surface area contributed by atoms with E-state index in [4.69, 9.17) is 0 Å². The van der Waals surface area contributed by atoms with E-state index in [2.05, 4.69) is 15.4 Å². The highest BCUT2D eigenvalue weighted by molar-refractivity contribution is 6.05. The van der Waals surface area contributed by atoms with E-state index in [1.165, 1.54) is 0 Å². The molecule has 0 aliphatic carbocycles. The van der Waals surface area contributed by atoms with E-state index in [0.29, 0.717) is 11.3 Å². The van der Waals surface area contributed by atoms with Gasteiger partial charge >= 0.3 is 0 Å². The predicted octanol–water partition coefficient (Wildman–Crippen LogP) is 3.32. The number of benzene rings is 1. The second-order valence-corrected chi connectivity index (χ2v) is 5.90. The third-order valence-corrected chi connectivity index (χ3v) is 4.13. The maximum absolute atomic E-state index is 12.6. The Balaban J connectivity index is 1.62. The minimum Gasteiger partial charge on any atom is -0.324 e. The van der Waals surface area contributed by atoms with Crippen molar-refractivity contribution < 1.29 is 4.79 Å². The van der Waals surface area contributed by atoms with Gasteiger partial charge in [0.05, 0.1) is 17.6 Å². The Labute approximate surface area is 144 Å². The zero-order valence-electron chi connectivity index (χ0n) is 14.0. The highest BCUT2D eigenvalue weighted by Gasteiger charge is 2.11. The van der Waals surface area contributed by atoms with Crippen LogP contribution in [-0.4, -0.2) is 25.2 Å². The quantitative estimate of drug-likeness (QED) is 0.626. The van der Waals surface area contributed by atoms with E-state index in [9.17, 15) is 4.79 Å². The third kappa shape index (κ3) is 2.78. The number of carbonyl (C=O) groups is 1. The van der Waals surface area contributed by atoms with Crippen molar-refractivity contribution in [3.8, 4) is 5.69 Å². The van der Waals surface area contributed by atoms with Crippen LogP contribution in [0.2, 0.25) is 0 Å². The number of nitrogens with zero attached hydrogens (tertiary/aromatic N) is 4. The normalized spacial score (nSPS) is 11.0. The Bertz CT molecular complexity index is 1060. The van der Waals surface area contributed by atoms with Gasteiger partial charge in [-0.2, -0.15) is 5.10 Å². The van der Waals surface area contributed by atoms with E-state index in [1.807, 2.05) is 67.3 Å². The van der Waals surface area contributed by atoms with E-state index in [-0.39, 0.29) is 5.91 Å². The van der Waals surface area contributed by atoms with Gasteiger partial charge in [-0.3, -0.25) is 9.48 Å². The summed E-state index contributed by atoms with van der Waals surface area (Å²) >= 11 is 0. The van der Waals surface area contributed by atoms with Crippen LogP contribution >= 0.6 is 0 Å². The molecule has 1 N–H and O–H groups in total. The highest BCUT2D eigenvalue weighted by atomic mass is 16.1. The first-order chi connectivity index (χ1) is 12.1. The third-order valence-electron chi connectivity index (χ3n) is 4.13. The van der Waals surface area contributed by atoms with Gasteiger partial charge in [-0.25, -0.2) is 4.98 Å². The first-order valence-electron chi connectivity index (χ1n) is 7.96. The molecule has 6 heteroatoms. The van der Waals surface area contributed by atoms with Gasteiger partial charge in [0, 0.05) is 36.1 Å². The number of hydrogen-bond acceptors (Lipinski definition) is 3. The SMILES string of the molecule is Cc1nn(C)c2ncc(NC(=O)c3cccc(-n4cccc4)c3)cc12. The molecule has 4 aromatic rings. The molecule has 0 saturated heterocycles. The number of aryl methyl sites for hydroxylation is 2. The number of nitrogens with one attached hydrogen (secondary N) is 1. The number of rotatable bonds is 3. The van der Waals surface area contributed by atoms with Crippen molar-refractivity contribution in [3.63, 3.8) is 0 Å². The number of pyridine rings is 1. The lowest BCUT2D eigenvalue weighted by atomic mass is 10.2. The van der Waals surface area contributed by atoms with Crippen LogP contribution < -0.4 is 5.32 Å². The maximum atomic E-state index is 12.6. The Morgan fingerprint density at radius 3 is 2.72 bits per heavy atom. The Morgan fingerprint density at radius 1 is 1.12 bits per heavy atom. The molecule has 0 atom stereocenters. The smallest absolute Gasteiger partial charge is 0.255 e. The van der Waals surface area contributed by atoms with Gasteiger partial charge in [-0.05, 0) is 43.3 Å². The van der Waals surface area contributed by atoms with E-state index >= 15 is 0 Å². The lowest BCUT2D eigenvalue weighted by molar-refractivity contribution is 0.102. The summed E-state index contributed by atoms with van der Waals surface area (Å²) in [4.78, 5) is 17.0. The fourth-order valence-corrected chi connectivity index (χ4v) is 2.89. The molecule has 0 bridgehead atoms. The molecule has 124 valence electrons. The van der Waals surface area contributed by atoms with Crippen LogP contribution in [0.15, 0.2) is 61.1 Å². The first kappa shape index (κ1) is 15.1. The van der Waals surface area contributed by atoms with Crippen molar-refractivity contribution in [2.45, 2.75) is 6.92 Å². The van der Waals surface area contributed by atoms with Crippen molar-refractivity contribution in [3.05, 3.63) is 72.3 Å². The molecule has 1 amide bonds. The molecule has 3 aromatic heterocycles. The molecule has 0 radical (unpaired) electrons. The molecule has 0 saturated carbocycles. The van der Waals surface area contributed by atoms with E-state index < -0.39 is 0 Å². The molecule has 0 spiro atoms. The van der Waals surface area contributed by atoms with Crippen molar-refractivity contribution in [2.24, 2.45) is 7.05 Å². The molecular formula is C19H17N5O. The Kier molecular flexibility index (Phi) is 3.57. The Morgan fingerprint density at radius 2 is 1.92 bits per heavy atom. The van der Waals surface area contributed by atoms with Gasteiger partial charge in [-0.15, -0.1) is 0 Å². The summed E-state index contributed by atoms with van der Waals surface area (Å²) < 4.78 is 3.69. The number of hydrogen-bond donors (Lipinski definition) is 1. The molecule has 6 nitrogen and oxygen atoms in total. The summed E-state index contributed by atoms with van der Waals surface area (Å²) in [7, 11) is 1.85. The van der Waals surface area contributed by atoms with Crippen molar-refractivity contribution in [1.82, 2.24) is 19.3 Å². The van der Waals surface area contributed by atoms with Crippen LogP contribution in [0, 0.1) is 6.92 Å². The van der Waals surface area contributed by atoms with E-state index in [1.54, 1.807) is 16.9 Å². The summed E-state index contributed by atoms with van der Waals surface area (Å²) in [6.45, 7) is 1.93. The molecule has 0 unspecified atom stereocenters. The minimum absolute atomic E-state index is 0.170. The maximum Gasteiger partial charge on any atom is 0.255 e. The standard InChI is InChI=1S/C19H17N5O/c1-13-17-11-15(12-20-18(17)23(2)22-13)21-19(25)14-6-5-7-16(10-14)24-8-3-4-9-24/h3-12H,1-2H3,(H,21,25). The van der Waals surface area contributed by atoms with Crippen LogP contribution in [0.5, 0.6) is 0 Å². The fourth-order valence-electron chi connectivity index (χ4n) is 2.89. The molecule has 3 heterocycles. The molecule has 1 aromatic carbocycles. The summed E-state index contributed by atoms with van der Waals surface area (Å²) in [5.41, 5.74) is 3.87. The lowest BCUT2D eigenvalue weighted by Gasteiger charge is -2.08. The number of fused-ring (bicyclic) bond motifs is 1. The second-order valence-electron chi connectivity index (χ2n) is 5.90. The summed E-state index contributed by atoms with van der Waals surface area (Å²) in [6, 6.07) is 13.3. The summed E-state index contributed by atoms with van der Waals surface area (Å²) in [5.74, 6) is -0.170. The van der Waals surface area contributed by atoms with Crippen molar-refractivity contribution >= 4 is 22.6 Å². The zero-order chi connectivity index (χ0) is 17.4. The summed E-state index contributed by atoms with van der Waals surface area (Å²) in [5, 5.41) is 8.19. The van der Waals surface area contributed by atoms with Crippen LogP contribution in [0.3, 0.4) is 0 Å². The number of aromatic nitrogens is 4. The molecule has 0 fully saturated rings. The number of amides is 1. The monoisotopic (exact) mass is 331 g/mol. The molecule has 0 aliphatic rings.